The van der Waals surface area contributed by atoms with Gasteiger partial charge in [-0.05, 0) is 29.7 Å². The summed E-state index contributed by atoms with van der Waals surface area (Å²) in [6, 6.07) is 15.5. The minimum atomic E-state index is -0.222. The predicted octanol–water partition coefficient (Wildman–Crippen LogP) is 4.27. The van der Waals surface area contributed by atoms with Crippen LogP contribution in [0.25, 0.3) is 0 Å². The lowest BCUT2D eigenvalue weighted by atomic mass is 10.0. The van der Waals surface area contributed by atoms with Crippen molar-refractivity contribution in [3.63, 3.8) is 0 Å². The lowest BCUT2D eigenvalue weighted by Crippen LogP contribution is -2.15. The van der Waals surface area contributed by atoms with Crippen LogP contribution in [0.3, 0.4) is 0 Å². The van der Waals surface area contributed by atoms with Crippen LogP contribution in [0.4, 0.5) is 0 Å². The first-order valence-corrected chi connectivity index (χ1v) is 7.51. The monoisotopic (exact) mass is 318 g/mol. The van der Waals surface area contributed by atoms with Gasteiger partial charge in [0, 0.05) is 0 Å². The summed E-state index contributed by atoms with van der Waals surface area (Å²) in [5, 5.41) is 0.547. The van der Waals surface area contributed by atoms with Crippen molar-refractivity contribution in [1.82, 2.24) is 0 Å². The molecule has 116 valence electrons. The molecule has 2 aromatic carbocycles. The number of hydrogen-bond acceptors (Lipinski definition) is 3. The van der Waals surface area contributed by atoms with E-state index in [1.54, 1.807) is 0 Å². The van der Waals surface area contributed by atoms with Crippen molar-refractivity contribution in [2.45, 2.75) is 20.0 Å². The van der Waals surface area contributed by atoms with E-state index in [4.69, 9.17) is 21.1 Å². The largest absolute Gasteiger partial charge is 0.487 e. The van der Waals surface area contributed by atoms with Gasteiger partial charge in [0.05, 0.1) is 18.1 Å². The van der Waals surface area contributed by atoms with Crippen LogP contribution in [0.2, 0.25) is 5.02 Å². The van der Waals surface area contributed by atoms with Crippen LogP contribution in [-0.4, -0.2) is 13.1 Å². The van der Waals surface area contributed by atoms with Crippen LogP contribution in [0, 0.1) is 5.92 Å². The van der Waals surface area contributed by atoms with Gasteiger partial charge in [0.1, 0.15) is 12.4 Å². The molecular formula is C18H19ClO3. The van der Waals surface area contributed by atoms with Gasteiger partial charge in [0.15, 0.2) is 0 Å². The highest BCUT2D eigenvalue weighted by Crippen LogP contribution is 2.27. The molecule has 0 aliphatic rings. The van der Waals surface area contributed by atoms with E-state index in [-0.39, 0.29) is 11.9 Å². The summed E-state index contributed by atoms with van der Waals surface area (Å²) in [6.45, 7) is 2.30. The topological polar surface area (TPSA) is 35.5 Å². The smallest absolute Gasteiger partial charge is 0.308 e. The Balaban J connectivity index is 1.99. The number of hydrogen-bond donors (Lipinski definition) is 0. The lowest BCUT2D eigenvalue weighted by Gasteiger charge is -2.12. The summed E-state index contributed by atoms with van der Waals surface area (Å²) in [7, 11) is 1.40. The minimum Gasteiger partial charge on any atom is -0.487 e. The van der Waals surface area contributed by atoms with Gasteiger partial charge in [-0.2, -0.15) is 0 Å². The average Bonchev–Trinajstić information content (AvgIpc) is 2.54. The molecule has 4 heteroatoms. The Morgan fingerprint density at radius 1 is 1.14 bits per heavy atom. The summed E-state index contributed by atoms with van der Waals surface area (Å²) < 4.78 is 10.5. The van der Waals surface area contributed by atoms with Crippen molar-refractivity contribution >= 4 is 17.6 Å². The molecule has 3 nitrogen and oxygen atoms in total. The van der Waals surface area contributed by atoms with Crippen LogP contribution in [0.1, 0.15) is 18.1 Å². The number of halogens is 1. The Morgan fingerprint density at radius 3 is 2.50 bits per heavy atom. The highest BCUT2D eigenvalue weighted by Gasteiger charge is 2.14. The van der Waals surface area contributed by atoms with E-state index in [9.17, 15) is 4.79 Å². The minimum absolute atomic E-state index is 0.197. The molecule has 1 atom stereocenters. The molecule has 0 saturated carbocycles. The molecule has 0 aromatic heterocycles. The summed E-state index contributed by atoms with van der Waals surface area (Å²) in [4.78, 5) is 11.4. The molecule has 0 N–H and O–H groups in total. The number of carbonyl (C=O) groups is 1. The predicted molar refractivity (Wildman–Crippen MR) is 87.1 cm³/mol. The van der Waals surface area contributed by atoms with E-state index in [0.717, 1.165) is 11.1 Å². The van der Waals surface area contributed by atoms with Crippen molar-refractivity contribution in [2.75, 3.05) is 7.11 Å². The third-order valence-corrected chi connectivity index (χ3v) is 3.67. The Hall–Kier alpha value is -2.00. The van der Waals surface area contributed by atoms with Gasteiger partial charge in [0.2, 0.25) is 0 Å². The van der Waals surface area contributed by atoms with Crippen LogP contribution in [0.5, 0.6) is 5.75 Å². The molecular weight excluding hydrogens is 300 g/mol. The highest BCUT2D eigenvalue weighted by atomic mass is 35.5. The number of esters is 1. The molecule has 1 unspecified atom stereocenters. The summed E-state index contributed by atoms with van der Waals surface area (Å²) >= 11 is 6.25. The van der Waals surface area contributed by atoms with Crippen molar-refractivity contribution in [2.24, 2.45) is 5.92 Å². The van der Waals surface area contributed by atoms with Gasteiger partial charge in [-0.25, -0.2) is 0 Å². The number of rotatable bonds is 6. The van der Waals surface area contributed by atoms with E-state index in [1.165, 1.54) is 7.11 Å². The first-order chi connectivity index (χ1) is 10.6. The fraction of sp³-hybridized carbons (Fsp3) is 0.278. The second kappa shape index (κ2) is 7.85. The van der Waals surface area contributed by atoms with Gasteiger partial charge in [0.25, 0.3) is 0 Å². The van der Waals surface area contributed by atoms with Crippen molar-refractivity contribution < 1.29 is 14.3 Å². The molecule has 0 spiro atoms. The molecule has 0 heterocycles. The molecule has 0 aliphatic carbocycles. The van der Waals surface area contributed by atoms with Gasteiger partial charge in [-0.15, -0.1) is 0 Å². The molecule has 0 bridgehead atoms. The Labute approximate surface area is 135 Å². The van der Waals surface area contributed by atoms with Crippen LogP contribution in [-0.2, 0) is 22.6 Å². The number of benzene rings is 2. The Bertz CT molecular complexity index is 625. The van der Waals surface area contributed by atoms with E-state index in [2.05, 4.69) is 0 Å². The maximum Gasteiger partial charge on any atom is 0.308 e. The average molecular weight is 319 g/mol. The third kappa shape index (κ3) is 4.50. The third-order valence-electron chi connectivity index (χ3n) is 3.38. The highest BCUT2D eigenvalue weighted by molar-refractivity contribution is 6.32. The fourth-order valence-corrected chi connectivity index (χ4v) is 2.42. The molecule has 22 heavy (non-hydrogen) atoms. The first-order valence-electron chi connectivity index (χ1n) is 7.13. The SMILES string of the molecule is COC(=O)C(C)Cc1ccc(OCc2ccccc2)c(Cl)c1. The second-order valence-corrected chi connectivity index (χ2v) is 5.57. The van der Waals surface area contributed by atoms with E-state index >= 15 is 0 Å². The summed E-state index contributed by atoms with van der Waals surface area (Å²) in [5.74, 6) is 0.220. The van der Waals surface area contributed by atoms with Crippen molar-refractivity contribution in [1.29, 1.82) is 0 Å². The summed E-state index contributed by atoms with van der Waals surface area (Å²) in [5.41, 5.74) is 2.07. The first kappa shape index (κ1) is 16.4. The zero-order valence-corrected chi connectivity index (χ0v) is 13.5. The quantitative estimate of drug-likeness (QED) is 0.746. The van der Waals surface area contributed by atoms with Crippen LogP contribution >= 0.6 is 11.6 Å². The Morgan fingerprint density at radius 2 is 1.86 bits per heavy atom. The molecule has 0 aliphatic heterocycles. The standard InChI is InChI=1S/C18H19ClO3/c1-13(18(20)21-2)10-15-8-9-17(16(19)11-15)22-12-14-6-4-3-5-7-14/h3-9,11,13H,10,12H2,1-2H3. The number of methoxy groups -OCH3 is 1. The molecule has 0 fully saturated rings. The normalized spacial score (nSPS) is 11.8. The zero-order valence-electron chi connectivity index (χ0n) is 12.7. The second-order valence-electron chi connectivity index (χ2n) is 5.17. The van der Waals surface area contributed by atoms with Crippen molar-refractivity contribution in [3.8, 4) is 5.75 Å². The van der Waals surface area contributed by atoms with Gasteiger partial charge < -0.3 is 9.47 Å². The maximum atomic E-state index is 11.4. The van der Waals surface area contributed by atoms with Gasteiger partial charge in [-0.3, -0.25) is 4.79 Å². The van der Waals surface area contributed by atoms with E-state index in [1.807, 2.05) is 55.5 Å². The van der Waals surface area contributed by atoms with Crippen LogP contribution in [0.15, 0.2) is 48.5 Å². The lowest BCUT2D eigenvalue weighted by molar-refractivity contribution is -0.144. The van der Waals surface area contributed by atoms with Gasteiger partial charge >= 0.3 is 5.97 Å². The van der Waals surface area contributed by atoms with Crippen molar-refractivity contribution in [3.05, 3.63) is 64.7 Å². The number of carbonyl (C=O) groups excluding carboxylic acids is 1. The number of ether oxygens (including phenoxy) is 2. The zero-order chi connectivity index (χ0) is 15.9. The molecule has 2 aromatic rings. The summed E-state index contributed by atoms with van der Waals surface area (Å²) in [6.07, 6.45) is 0.589. The Kier molecular flexibility index (Phi) is 5.84. The maximum absolute atomic E-state index is 11.4. The molecule has 0 radical (unpaired) electrons. The fourth-order valence-electron chi connectivity index (χ4n) is 2.16. The van der Waals surface area contributed by atoms with Gasteiger partial charge in [-0.1, -0.05) is 54.9 Å². The van der Waals surface area contributed by atoms with E-state index in [0.29, 0.717) is 23.8 Å². The molecule has 0 amide bonds. The van der Waals surface area contributed by atoms with Crippen LogP contribution < -0.4 is 4.74 Å². The van der Waals surface area contributed by atoms with E-state index < -0.39 is 0 Å². The molecule has 0 saturated heterocycles. The molecule has 2 rings (SSSR count).